The van der Waals surface area contributed by atoms with Crippen molar-refractivity contribution in [2.45, 2.75) is 89.4 Å². The normalized spacial score (nSPS) is 47.6. The first kappa shape index (κ1) is 17.5. The van der Waals surface area contributed by atoms with E-state index in [1.165, 1.54) is 18.8 Å². The summed E-state index contributed by atoms with van der Waals surface area (Å²) in [5, 5.41) is 0. The van der Waals surface area contributed by atoms with E-state index in [-0.39, 0.29) is 24.7 Å². The molecule has 0 nitrogen and oxygen atoms in total. The van der Waals surface area contributed by atoms with Crippen LogP contribution in [0.5, 0.6) is 0 Å². The second-order valence-electron chi connectivity index (χ2n) is 8.24. The van der Waals surface area contributed by atoms with E-state index in [2.05, 4.69) is 6.92 Å². The number of halogens is 4. The maximum atomic E-state index is 14.7. The monoisotopic (exact) mass is 333 g/mol. The predicted octanol–water partition coefficient (Wildman–Crippen LogP) is 5.95. The van der Waals surface area contributed by atoms with E-state index < -0.39 is 24.7 Å². The van der Waals surface area contributed by atoms with E-state index in [0.717, 1.165) is 25.2 Å². The zero-order valence-electron chi connectivity index (χ0n) is 14.0. The first-order valence-electron chi connectivity index (χ1n) is 9.36. The smallest absolute Gasteiger partial charge is 0.162 e. The zero-order valence-corrected chi connectivity index (χ0v) is 14.0. The van der Waals surface area contributed by atoms with Crippen molar-refractivity contribution in [1.82, 2.24) is 0 Å². The summed E-state index contributed by atoms with van der Waals surface area (Å²) in [4.78, 5) is 0. The molecule has 3 aliphatic rings. The lowest BCUT2D eigenvalue weighted by molar-refractivity contribution is -0.0230. The zero-order chi connectivity index (χ0) is 16.6. The van der Waals surface area contributed by atoms with E-state index in [1.807, 2.05) is 0 Å². The third-order valence-corrected chi connectivity index (χ3v) is 6.67. The molecule has 4 heteroatoms. The van der Waals surface area contributed by atoms with Crippen molar-refractivity contribution in [2.75, 3.05) is 0 Å². The molecule has 0 amide bonds. The lowest BCUT2D eigenvalue weighted by Crippen LogP contribution is -2.43. The molecule has 3 fully saturated rings. The summed E-state index contributed by atoms with van der Waals surface area (Å²) in [6.07, 6.45) is 0.274. The molecule has 0 saturated heterocycles. The molecule has 0 bridgehead atoms. The van der Waals surface area contributed by atoms with Crippen molar-refractivity contribution in [1.29, 1.82) is 0 Å². The van der Waals surface area contributed by atoms with E-state index in [0.29, 0.717) is 18.8 Å². The van der Waals surface area contributed by atoms with Gasteiger partial charge < -0.3 is 0 Å². The summed E-state index contributed by atoms with van der Waals surface area (Å²) in [5.74, 6) is 2.03. The van der Waals surface area contributed by atoms with Crippen LogP contribution in [0, 0.1) is 29.6 Å². The molecule has 133 valence electrons. The van der Waals surface area contributed by atoms with Gasteiger partial charge in [-0.3, -0.25) is 0 Å². The van der Waals surface area contributed by atoms with Crippen LogP contribution in [-0.2, 0) is 0 Å². The van der Waals surface area contributed by atoms with Gasteiger partial charge in [0.25, 0.3) is 0 Å². The molecular formula is C19H29F4. The minimum Gasteiger partial charge on any atom is -0.247 e. The number of hydrogen-bond acceptors (Lipinski definition) is 0. The maximum absolute atomic E-state index is 14.7. The Morgan fingerprint density at radius 3 is 1.91 bits per heavy atom. The standard InChI is InChI=1S/C19H29F4/c1-11-2-4-12(5-3-11)13-6-7-15(16(20)8-13)14-9-17(21)19(23)18(22)10-14/h11,13-19H,2-10H2,1H3. The van der Waals surface area contributed by atoms with Crippen molar-refractivity contribution >= 4 is 0 Å². The number of alkyl halides is 4. The summed E-state index contributed by atoms with van der Waals surface area (Å²) in [6, 6.07) is 0. The molecular weight excluding hydrogens is 304 g/mol. The Bertz CT molecular complexity index is 368. The highest BCUT2D eigenvalue weighted by atomic mass is 19.2. The van der Waals surface area contributed by atoms with E-state index >= 15 is 0 Å². The predicted molar refractivity (Wildman–Crippen MR) is 84.0 cm³/mol. The van der Waals surface area contributed by atoms with Crippen molar-refractivity contribution in [2.24, 2.45) is 23.7 Å². The van der Waals surface area contributed by atoms with Gasteiger partial charge in [-0.2, -0.15) is 0 Å². The van der Waals surface area contributed by atoms with Crippen LogP contribution in [0.2, 0.25) is 0 Å². The van der Waals surface area contributed by atoms with E-state index in [1.54, 1.807) is 0 Å². The van der Waals surface area contributed by atoms with Crippen LogP contribution >= 0.6 is 0 Å². The SMILES string of the molecule is CC1CC[C](C2CCC(C3CC(F)C(F)C(F)C3)C(F)C2)CC1. The lowest BCUT2D eigenvalue weighted by atomic mass is 9.64. The topological polar surface area (TPSA) is 0 Å². The first-order chi connectivity index (χ1) is 11.0. The van der Waals surface area contributed by atoms with Gasteiger partial charge in [0.2, 0.25) is 0 Å². The summed E-state index contributed by atoms with van der Waals surface area (Å²) in [5.41, 5.74) is 0. The Morgan fingerprint density at radius 1 is 0.739 bits per heavy atom. The van der Waals surface area contributed by atoms with Gasteiger partial charge in [0.05, 0.1) is 0 Å². The van der Waals surface area contributed by atoms with Gasteiger partial charge in [0.15, 0.2) is 6.17 Å². The third kappa shape index (κ3) is 3.87. The average molecular weight is 333 g/mol. The minimum atomic E-state index is -2.01. The van der Waals surface area contributed by atoms with E-state index in [4.69, 9.17) is 0 Å². The summed E-state index contributed by atoms with van der Waals surface area (Å²) < 4.78 is 55.3. The molecule has 3 saturated carbocycles. The Morgan fingerprint density at radius 2 is 1.35 bits per heavy atom. The Labute approximate surface area is 137 Å². The molecule has 5 atom stereocenters. The van der Waals surface area contributed by atoms with Gasteiger partial charge in [-0.25, -0.2) is 17.6 Å². The average Bonchev–Trinajstić information content (AvgIpc) is 2.53. The highest BCUT2D eigenvalue weighted by Crippen LogP contribution is 2.48. The molecule has 3 aliphatic carbocycles. The van der Waals surface area contributed by atoms with Gasteiger partial charge in [-0.1, -0.05) is 19.8 Å². The number of hydrogen-bond donors (Lipinski definition) is 0. The molecule has 1 radical (unpaired) electrons. The molecule has 3 rings (SSSR count). The van der Waals surface area contributed by atoms with Crippen LogP contribution < -0.4 is 0 Å². The van der Waals surface area contributed by atoms with Crippen LogP contribution in [-0.4, -0.2) is 24.7 Å². The Kier molecular flexibility index (Phi) is 5.57. The molecule has 5 unspecified atom stereocenters. The van der Waals surface area contributed by atoms with Crippen molar-refractivity contribution in [3.8, 4) is 0 Å². The van der Waals surface area contributed by atoms with Gasteiger partial charge in [0.1, 0.15) is 18.5 Å². The molecule has 23 heavy (non-hydrogen) atoms. The van der Waals surface area contributed by atoms with Gasteiger partial charge in [0, 0.05) is 0 Å². The molecule has 0 aromatic heterocycles. The van der Waals surface area contributed by atoms with Crippen molar-refractivity contribution in [3.63, 3.8) is 0 Å². The summed E-state index contributed by atoms with van der Waals surface area (Å²) >= 11 is 0. The van der Waals surface area contributed by atoms with Gasteiger partial charge >= 0.3 is 0 Å². The van der Waals surface area contributed by atoms with Gasteiger partial charge in [-0.15, -0.1) is 0 Å². The second-order valence-corrected chi connectivity index (χ2v) is 8.24. The second kappa shape index (κ2) is 7.31. The van der Waals surface area contributed by atoms with E-state index in [9.17, 15) is 17.6 Å². The van der Waals surface area contributed by atoms with Crippen LogP contribution in [0.1, 0.15) is 64.7 Å². The summed E-state index contributed by atoms with van der Waals surface area (Å²) in [7, 11) is 0. The molecule has 0 N–H and O–H groups in total. The first-order valence-corrected chi connectivity index (χ1v) is 9.36. The highest BCUT2D eigenvalue weighted by molar-refractivity contribution is 5.03. The lowest BCUT2D eigenvalue weighted by Gasteiger charge is -2.43. The Hall–Kier alpha value is -0.280. The molecule has 0 spiro atoms. The summed E-state index contributed by atoms with van der Waals surface area (Å²) in [6.45, 7) is 2.27. The van der Waals surface area contributed by atoms with Crippen molar-refractivity contribution < 1.29 is 17.6 Å². The maximum Gasteiger partial charge on any atom is 0.162 e. The van der Waals surface area contributed by atoms with Crippen LogP contribution in [0.4, 0.5) is 17.6 Å². The molecule has 0 aromatic carbocycles. The number of rotatable bonds is 2. The quantitative estimate of drug-likeness (QED) is 0.548. The van der Waals surface area contributed by atoms with Crippen LogP contribution in [0.3, 0.4) is 0 Å². The molecule has 0 aromatic rings. The van der Waals surface area contributed by atoms with Crippen LogP contribution in [0.15, 0.2) is 0 Å². The fourth-order valence-corrected chi connectivity index (χ4v) is 5.09. The minimum absolute atomic E-state index is 0.00851. The van der Waals surface area contributed by atoms with Gasteiger partial charge in [-0.05, 0) is 74.5 Å². The Balaban J connectivity index is 1.54. The highest BCUT2D eigenvalue weighted by Gasteiger charge is 2.45. The fourth-order valence-electron chi connectivity index (χ4n) is 5.09. The third-order valence-electron chi connectivity index (χ3n) is 6.67. The largest absolute Gasteiger partial charge is 0.247 e. The molecule has 0 aliphatic heterocycles. The molecule has 0 heterocycles. The van der Waals surface area contributed by atoms with Crippen LogP contribution in [0.25, 0.3) is 0 Å². The van der Waals surface area contributed by atoms with Crippen molar-refractivity contribution in [3.05, 3.63) is 5.92 Å². The fraction of sp³-hybridized carbons (Fsp3) is 0.947.